The molecule has 4 heteroatoms. The van der Waals surface area contributed by atoms with Crippen molar-refractivity contribution in [2.45, 2.75) is 25.9 Å². The van der Waals surface area contributed by atoms with Gasteiger partial charge >= 0.3 is 0 Å². The fourth-order valence-corrected chi connectivity index (χ4v) is 1.42. The molecule has 0 heterocycles. The Morgan fingerprint density at radius 1 is 1.38 bits per heavy atom. The Balaban J connectivity index is 2.56. The van der Waals surface area contributed by atoms with E-state index in [4.69, 9.17) is 26.8 Å². The van der Waals surface area contributed by atoms with Gasteiger partial charge in [0.15, 0.2) is 5.75 Å². The normalized spacial score (nSPS) is 11.5. The number of nitrogen functional groups attached to an aromatic ring is 1. The molecule has 0 amide bonds. The number of anilines is 1. The molecule has 16 heavy (non-hydrogen) atoms. The van der Waals surface area contributed by atoms with Crippen molar-refractivity contribution in [1.29, 1.82) is 0 Å². The maximum Gasteiger partial charge on any atom is 0.160 e. The van der Waals surface area contributed by atoms with Crippen molar-refractivity contribution in [3.8, 4) is 5.75 Å². The molecular weight excluding hydrogens is 226 g/mol. The van der Waals surface area contributed by atoms with Gasteiger partial charge in [-0.15, -0.1) is 0 Å². The lowest BCUT2D eigenvalue weighted by atomic mass is 10.1. The van der Waals surface area contributed by atoms with Crippen LogP contribution in [0.4, 0.5) is 5.69 Å². The molecule has 1 aromatic rings. The van der Waals surface area contributed by atoms with Crippen molar-refractivity contribution < 1.29 is 9.47 Å². The van der Waals surface area contributed by atoms with Crippen molar-refractivity contribution >= 4 is 17.3 Å². The van der Waals surface area contributed by atoms with Gasteiger partial charge in [0.1, 0.15) is 0 Å². The Labute approximate surface area is 101 Å². The molecule has 0 aliphatic rings. The topological polar surface area (TPSA) is 44.5 Å². The molecule has 0 aliphatic carbocycles. The Morgan fingerprint density at radius 2 is 2.06 bits per heavy atom. The molecule has 3 nitrogen and oxygen atoms in total. The summed E-state index contributed by atoms with van der Waals surface area (Å²) in [5.41, 5.74) is 6.12. The summed E-state index contributed by atoms with van der Waals surface area (Å²) < 4.78 is 10.9. The van der Waals surface area contributed by atoms with E-state index in [1.807, 2.05) is 13.8 Å². The molecule has 90 valence electrons. The van der Waals surface area contributed by atoms with E-state index in [0.29, 0.717) is 23.1 Å². The van der Waals surface area contributed by atoms with E-state index in [-0.39, 0.29) is 5.60 Å². The molecule has 0 atom stereocenters. The van der Waals surface area contributed by atoms with Crippen molar-refractivity contribution in [3.05, 3.63) is 23.2 Å². The van der Waals surface area contributed by atoms with E-state index in [0.717, 1.165) is 6.42 Å². The van der Waals surface area contributed by atoms with Gasteiger partial charge in [0.05, 0.1) is 22.9 Å². The lowest BCUT2D eigenvalue weighted by Crippen LogP contribution is -2.25. The van der Waals surface area contributed by atoms with Crippen LogP contribution in [0.3, 0.4) is 0 Å². The van der Waals surface area contributed by atoms with Crippen LogP contribution in [0.15, 0.2) is 18.2 Å². The second kappa shape index (κ2) is 5.41. The Bertz CT molecular complexity index is 333. The Morgan fingerprint density at radius 3 is 2.62 bits per heavy atom. The highest BCUT2D eigenvalue weighted by atomic mass is 35.5. The van der Waals surface area contributed by atoms with Gasteiger partial charge in [0.2, 0.25) is 0 Å². The summed E-state index contributed by atoms with van der Waals surface area (Å²) in [4.78, 5) is 0. The predicted molar refractivity (Wildman–Crippen MR) is 67.1 cm³/mol. The highest BCUT2D eigenvalue weighted by Crippen LogP contribution is 2.30. The average molecular weight is 244 g/mol. The first-order valence-electron chi connectivity index (χ1n) is 5.18. The van der Waals surface area contributed by atoms with Crippen LogP contribution in [-0.4, -0.2) is 19.3 Å². The van der Waals surface area contributed by atoms with Crippen LogP contribution in [0, 0.1) is 0 Å². The first-order chi connectivity index (χ1) is 7.46. The third kappa shape index (κ3) is 3.58. The second-order valence-electron chi connectivity index (χ2n) is 4.22. The van der Waals surface area contributed by atoms with Gasteiger partial charge in [0.25, 0.3) is 0 Å². The first kappa shape index (κ1) is 13.1. The summed E-state index contributed by atoms with van der Waals surface area (Å²) in [5, 5.41) is 0.537. The standard InChI is InChI=1S/C12H18ClNO2/c1-12(2,15-3)7-8-16-11-9(13)5-4-6-10(11)14/h4-6H,7-8,14H2,1-3H3. The van der Waals surface area contributed by atoms with Crippen LogP contribution >= 0.6 is 11.6 Å². The van der Waals surface area contributed by atoms with E-state index >= 15 is 0 Å². The van der Waals surface area contributed by atoms with Crippen LogP contribution in [0.5, 0.6) is 5.75 Å². The number of para-hydroxylation sites is 1. The minimum Gasteiger partial charge on any atom is -0.490 e. The monoisotopic (exact) mass is 243 g/mol. The van der Waals surface area contributed by atoms with E-state index < -0.39 is 0 Å². The fourth-order valence-electron chi connectivity index (χ4n) is 1.18. The number of halogens is 1. The second-order valence-corrected chi connectivity index (χ2v) is 4.63. The summed E-state index contributed by atoms with van der Waals surface area (Å²) >= 11 is 5.98. The van der Waals surface area contributed by atoms with Crippen molar-refractivity contribution in [2.24, 2.45) is 0 Å². The Hall–Kier alpha value is -0.930. The highest BCUT2D eigenvalue weighted by Gasteiger charge is 2.16. The van der Waals surface area contributed by atoms with Crippen LogP contribution in [-0.2, 0) is 4.74 Å². The molecule has 0 saturated carbocycles. The molecule has 0 radical (unpaired) electrons. The summed E-state index contributed by atoms with van der Waals surface area (Å²) in [6.45, 7) is 4.54. The van der Waals surface area contributed by atoms with Gasteiger partial charge in [-0.2, -0.15) is 0 Å². The summed E-state index contributed by atoms with van der Waals surface area (Å²) in [5.74, 6) is 0.552. The van der Waals surface area contributed by atoms with Gasteiger partial charge in [-0.25, -0.2) is 0 Å². The number of hydrogen-bond donors (Lipinski definition) is 1. The molecule has 1 aromatic carbocycles. The zero-order valence-corrected chi connectivity index (χ0v) is 10.7. The first-order valence-corrected chi connectivity index (χ1v) is 5.56. The average Bonchev–Trinajstić information content (AvgIpc) is 2.22. The van der Waals surface area contributed by atoms with E-state index in [1.165, 1.54) is 0 Å². The molecule has 0 unspecified atom stereocenters. The van der Waals surface area contributed by atoms with Gasteiger partial charge in [-0.3, -0.25) is 0 Å². The van der Waals surface area contributed by atoms with E-state index in [2.05, 4.69) is 0 Å². The number of hydrogen-bond acceptors (Lipinski definition) is 3. The van der Waals surface area contributed by atoms with E-state index in [1.54, 1.807) is 25.3 Å². The fraction of sp³-hybridized carbons (Fsp3) is 0.500. The molecule has 0 spiro atoms. The summed E-state index contributed by atoms with van der Waals surface area (Å²) in [6, 6.07) is 5.32. The van der Waals surface area contributed by atoms with Crippen LogP contribution in [0.25, 0.3) is 0 Å². The quantitative estimate of drug-likeness (QED) is 0.809. The van der Waals surface area contributed by atoms with Gasteiger partial charge in [-0.05, 0) is 26.0 Å². The molecular formula is C12H18ClNO2. The Kier molecular flexibility index (Phi) is 4.44. The molecule has 0 aliphatic heterocycles. The minimum atomic E-state index is -0.198. The molecule has 0 bridgehead atoms. The number of benzene rings is 1. The third-order valence-electron chi connectivity index (χ3n) is 2.50. The van der Waals surface area contributed by atoms with Gasteiger partial charge < -0.3 is 15.2 Å². The predicted octanol–water partition coefficient (Wildman–Crippen LogP) is 3.12. The van der Waals surface area contributed by atoms with Crippen LogP contribution in [0.2, 0.25) is 5.02 Å². The van der Waals surface area contributed by atoms with E-state index in [9.17, 15) is 0 Å². The molecule has 1 rings (SSSR count). The molecule has 0 saturated heterocycles. The summed E-state index contributed by atoms with van der Waals surface area (Å²) in [7, 11) is 1.68. The maximum absolute atomic E-state index is 5.98. The minimum absolute atomic E-state index is 0.198. The molecule has 0 aromatic heterocycles. The lowest BCUT2D eigenvalue weighted by molar-refractivity contribution is 0.00552. The maximum atomic E-state index is 5.98. The van der Waals surface area contributed by atoms with Crippen molar-refractivity contribution in [3.63, 3.8) is 0 Å². The summed E-state index contributed by atoms with van der Waals surface area (Å²) in [6.07, 6.45) is 0.772. The highest BCUT2D eigenvalue weighted by molar-refractivity contribution is 6.32. The van der Waals surface area contributed by atoms with Crippen LogP contribution < -0.4 is 10.5 Å². The number of ether oxygens (including phenoxy) is 2. The number of rotatable bonds is 5. The molecule has 2 N–H and O–H groups in total. The lowest BCUT2D eigenvalue weighted by Gasteiger charge is -2.23. The van der Waals surface area contributed by atoms with Crippen LogP contribution in [0.1, 0.15) is 20.3 Å². The van der Waals surface area contributed by atoms with Crippen molar-refractivity contribution in [2.75, 3.05) is 19.5 Å². The zero-order chi connectivity index (χ0) is 12.2. The SMILES string of the molecule is COC(C)(C)CCOc1c(N)cccc1Cl. The zero-order valence-electron chi connectivity index (χ0n) is 9.92. The largest absolute Gasteiger partial charge is 0.490 e. The van der Waals surface area contributed by atoms with Gasteiger partial charge in [0, 0.05) is 13.5 Å². The third-order valence-corrected chi connectivity index (χ3v) is 2.80. The molecule has 0 fully saturated rings. The smallest absolute Gasteiger partial charge is 0.160 e. The van der Waals surface area contributed by atoms with Gasteiger partial charge in [-0.1, -0.05) is 17.7 Å². The van der Waals surface area contributed by atoms with Crippen molar-refractivity contribution in [1.82, 2.24) is 0 Å². The number of nitrogens with two attached hydrogens (primary N) is 1. The number of methoxy groups -OCH3 is 1.